The molecule has 0 atom stereocenters. The molecule has 0 unspecified atom stereocenters. The van der Waals surface area contributed by atoms with E-state index < -0.39 is 0 Å². The fraction of sp³-hybridized carbons (Fsp3) is 0.286. The smallest absolute Gasteiger partial charge is 0.180 e. The third-order valence-electron chi connectivity index (χ3n) is 2.79. The summed E-state index contributed by atoms with van der Waals surface area (Å²) in [5.41, 5.74) is 2.93. The van der Waals surface area contributed by atoms with Gasteiger partial charge in [-0.15, -0.1) is 11.3 Å². The van der Waals surface area contributed by atoms with Gasteiger partial charge in [-0.1, -0.05) is 24.6 Å². The summed E-state index contributed by atoms with van der Waals surface area (Å²) in [4.78, 5) is 17.0. The van der Waals surface area contributed by atoms with Crippen LogP contribution >= 0.6 is 22.9 Å². The molecule has 0 aliphatic rings. The number of Topliss-reactive ketones (excluding diaryl/α,β-unsaturated/α-hetero) is 1. The van der Waals surface area contributed by atoms with Crippen LogP contribution in [-0.2, 0) is 12.8 Å². The number of rotatable bonds is 4. The van der Waals surface area contributed by atoms with Crippen molar-refractivity contribution in [1.82, 2.24) is 4.98 Å². The predicted molar refractivity (Wildman–Crippen MR) is 75.7 cm³/mol. The molecule has 0 fully saturated rings. The van der Waals surface area contributed by atoms with Gasteiger partial charge in [-0.2, -0.15) is 0 Å². The van der Waals surface area contributed by atoms with E-state index in [-0.39, 0.29) is 5.78 Å². The fourth-order valence-electron chi connectivity index (χ4n) is 1.63. The molecule has 2 heterocycles. The van der Waals surface area contributed by atoms with E-state index in [1.54, 1.807) is 0 Å². The van der Waals surface area contributed by atoms with Crippen molar-refractivity contribution >= 4 is 28.7 Å². The molecular formula is C14H14ClNOS. The average molecular weight is 280 g/mol. The van der Waals surface area contributed by atoms with Gasteiger partial charge in [0.05, 0.1) is 16.3 Å². The maximum absolute atomic E-state index is 12.1. The highest BCUT2D eigenvalue weighted by molar-refractivity contribution is 7.13. The van der Waals surface area contributed by atoms with E-state index in [0.29, 0.717) is 16.3 Å². The predicted octanol–water partition coefficient (Wildman–Crippen LogP) is 4.09. The van der Waals surface area contributed by atoms with Gasteiger partial charge in [0.1, 0.15) is 0 Å². The molecule has 4 heteroatoms. The third kappa shape index (κ3) is 2.79. The Morgan fingerprint density at radius 1 is 1.44 bits per heavy atom. The number of aryl methyl sites for hydroxylation is 2. The SMILES string of the molecule is CCc1ccc(CC(=O)c2scc(C)c2Cl)nc1. The lowest BCUT2D eigenvalue weighted by Gasteiger charge is -2.01. The van der Waals surface area contributed by atoms with Crippen LogP contribution in [0.1, 0.15) is 33.4 Å². The Balaban J connectivity index is 2.13. The van der Waals surface area contributed by atoms with Gasteiger partial charge in [-0.25, -0.2) is 0 Å². The maximum Gasteiger partial charge on any atom is 0.180 e. The second-order valence-corrected chi connectivity index (χ2v) is 5.43. The molecule has 0 N–H and O–H groups in total. The monoisotopic (exact) mass is 279 g/mol. The first-order valence-electron chi connectivity index (χ1n) is 5.82. The summed E-state index contributed by atoms with van der Waals surface area (Å²) in [5, 5.41) is 2.48. The molecule has 0 aliphatic carbocycles. The minimum absolute atomic E-state index is 0.0369. The molecule has 0 aromatic carbocycles. The molecule has 2 nitrogen and oxygen atoms in total. The van der Waals surface area contributed by atoms with Crippen LogP contribution in [-0.4, -0.2) is 10.8 Å². The van der Waals surface area contributed by atoms with Gasteiger partial charge in [0.25, 0.3) is 0 Å². The normalized spacial score (nSPS) is 10.6. The van der Waals surface area contributed by atoms with E-state index in [2.05, 4.69) is 11.9 Å². The lowest BCUT2D eigenvalue weighted by molar-refractivity contribution is 0.0996. The number of carbonyl (C=O) groups is 1. The Morgan fingerprint density at radius 3 is 2.72 bits per heavy atom. The molecule has 0 bridgehead atoms. The largest absolute Gasteiger partial charge is 0.293 e. The molecule has 94 valence electrons. The Morgan fingerprint density at radius 2 is 2.22 bits per heavy atom. The zero-order valence-corrected chi connectivity index (χ0v) is 11.9. The second kappa shape index (κ2) is 5.63. The molecule has 0 saturated heterocycles. The summed E-state index contributed by atoms with van der Waals surface area (Å²) in [6.07, 6.45) is 3.09. The van der Waals surface area contributed by atoms with Crippen molar-refractivity contribution in [1.29, 1.82) is 0 Å². The number of thiophene rings is 1. The number of halogens is 1. The Hall–Kier alpha value is -1.19. The highest BCUT2D eigenvalue weighted by atomic mass is 35.5. The van der Waals surface area contributed by atoms with Crippen LogP contribution in [0, 0.1) is 6.92 Å². The van der Waals surface area contributed by atoms with E-state index in [4.69, 9.17) is 11.6 Å². The number of pyridine rings is 1. The number of aromatic nitrogens is 1. The minimum atomic E-state index is 0.0369. The number of hydrogen-bond donors (Lipinski definition) is 0. The topological polar surface area (TPSA) is 30.0 Å². The highest BCUT2D eigenvalue weighted by Gasteiger charge is 2.15. The Labute approximate surface area is 116 Å². The van der Waals surface area contributed by atoms with Crippen molar-refractivity contribution in [2.24, 2.45) is 0 Å². The Kier molecular flexibility index (Phi) is 4.15. The first-order chi connectivity index (χ1) is 8.61. The third-order valence-corrected chi connectivity index (χ3v) is 4.53. The maximum atomic E-state index is 12.1. The highest BCUT2D eigenvalue weighted by Crippen LogP contribution is 2.28. The minimum Gasteiger partial charge on any atom is -0.293 e. The number of nitrogens with zero attached hydrogens (tertiary/aromatic N) is 1. The lowest BCUT2D eigenvalue weighted by Crippen LogP contribution is -2.04. The van der Waals surface area contributed by atoms with Crippen molar-refractivity contribution in [3.05, 3.63) is 50.4 Å². The van der Waals surface area contributed by atoms with Gasteiger partial charge in [-0.3, -0.25) is 9.78 Å². The van der Waals surface area contributed by atoms with Crippen LogP contribution in [0.25, 0.3) is 0 Å². The molecule has 0 radical (unpaired) electrons. The molecule has 18 heavy (non-hydrogen) atoms. The van der Waals surface area contributed by atoms with Crippen LogP contribution in [0.3, 0.4) is 0 Å². The van der Waals surface area contributed by atoms with Crippen molar-refractivity contribution in [3.63, 3.8) is 0 Å². The van der Waals surface area contributed by atoms with Gasteiger partial charge in [-0.05, 0) is 35.9 Å². The van der Waals surface area contributed by atoms with E-state index in [0.717, 1.165) is 17.7 Å². The van der Waals surface area contributed by atoms with Crippen molar-refractivity contribution in [2.75, 3.05) is 0 Å². The van der Waals surface area contributed by atoms with Gasteiger partial charge in [0, 0.05) is 11.9 Å². The van der Waals surface area contributed by atoms with Crippen molar-refractivity contribution < 1.29 is 4.79 Å². The van der Waals surface area contributed by atoms with Crippen molar-refractivity contribution in [3.8, 4) is 0 Å². The number of carbonyl (C=O) groups excluding carboxylic acids is 1. The van der Waals surface area contributed by atoms with Gasteiger partial charge in [0.2, 0.25) is 0 Å². The summed E-state index contributed by atoms with van der Waals surface area (Å²) in [6, 6.07) is 3.92. The second-order valence-electron chi connectivity index (χ2n) is 4.17. The van der Waals surface area contributed by atoms with Crippen molar-refractivity contribution in [2.45, 2.75) is 26.7 Å². The summed E-state index contributed by atoms with van der Waals surface area (Å²) < 4.78 is 0. The van der Waals surface area contributed by atoms with E-state index in [1.807, 2.05) is 30.6 Å². The summed E-state index contributed by atoms with van der Waals surface area (Å²) in [7, 11) is 0. The lowest BCUT2D eigenvalue weighted by atomic mass is 10.1. The molecular weight excluding hydrogens is 266 g/mol. The summed E-state index contributed by atoms with van der Waals surface area (Å²) in [6.45, 7) is 3.99. The zero-order chi connectivity index (χ0) is 13.1. The first kappa shape index (κ1) is 13.2. The van der Waals surface area contributed by atoms with Gasteiger partial charge >= 0.3 is 0 Å². The van der Waals surface area contributed by atoms with Crippen LogP contribution in [0.5, 0.6) is 0 Å². The molecule has 0 spiro atoms. The van der Waals surface area contributed by atoms with E-state index in [9.17, 15) is 4.79 Å². The van der Waals surface area contributed by atoms with Crippen LogP contribution < -0.4 is 0 Å². The standard InChI is InChI=1S/C14H14ClNOS/c1-3-10-4-5-11(16-7-10)6-12(17)14-13(15)9(2)8-18-14/h4-5,7-8H,3,6H2,1-2H3. The number of hydrogen-bond acceptors (Lipinski definition) is 3. The fourth-order valence-corrected chi connectivity index (χ4v) is 2.87. The zero-order valence-electron chi connectivity index (χ0n) is 10.4. The van der Waals surface area contributed by atoms with Crippen LogP contribution in [0.15, 0.2) is 23.7 Å². The molecule has 2 aromatic heterocycles. The van der Waals surface area contributed by atoms with E-state index in [1.165, 1.54) is 16.9 Å². The number of ketones is 1. The molecule has 0 saturated carbocycles. The van der Waals surface area contributed by atoms with E-state index >= 15 is 0 Å². The molecule has 2 rings (SSSR count). The quantitative estimate of drug-likeness (QED) is 0.789. The summed E-state index contributed by atoms with van der Waals surface area (Å²) in [5.74, 6) is 0.0369. The van der Waals surface area contributed by atoms with Crippen LogP contribution in [0.4, 0.5) is 0 Å². The molecule has 0 amide bonds. The summed E-state index contributed by atoms with van der Waals surface area (Å²) >= 11 is 7.49. The average Bonchev–Trinajstić information content (AvgIpc) is 2.71. The molecule has 2 aromatic rings. The first-order valence-corrected chi connectivity index (χ1v) is 7.08. The van der Waals surface area contributed by atoms with Gasteiger partial charge in [0.15, 0.2) is 5.78 Å². The van der Waals surface area contributed by atoms with Crippen LogP contribution in [0.2, 0.25) is 5.02 Å². The molecule has 0 aliphatic heterocycles. The Bertz CT molecular complexity index is 560. The van der Waals surface area contributed by atoms with Gasteiger partial charge < -0.3 is 0 Å².